The van der Waals surface area contributed by atoms with E-state index >= 15 is 0 Å². The van der Waals surface area contributed by atoms with Crippen molar-refractivity contribution >= 4 is 29.1 Å². The Labute approximate surface area is 218 Å². The van der Waals surface area contributed by atoms with E-state index in [1.807, 2.05) is 19.1 Å². The molecule has 3 amide bonds. The van der Waals surface area contributed by atoms with Crippen molar-refractivity contribution in [2.24, 2.45) is 17.8 Å². The average Bonchev–Trinajstić information content (AvgIpc) is 3.68. The highest BCUT2D eigenvalue weighted by Gasteiger charge is 2.63. The Kier molecular flexibility index (Phi) is 7.06. The van der Waals surface area contributed by atoms with Crippen molar-refractivity contribution in [3.63, 3.8) is 0 Å². The number of pyridine rings is 1. The van der Waals surface area contributed by atoms with Crippen LogP contribution in [0.5, 0.6) is 0 Å². The van der Waals surface area contributed by atoms with E-state index < -0.39 is 35.4 Å². The van der Waals surface area contributed by atoms with Crippen LogP contribution < -0.4 is 16.2 Å². The summed E-state index contributed by atoms with van der Waals surface area (Å²) < 4.78 is 21.5. The van der Waals surface area contributed by atoms with E-state index in [4.69, 9.17) is 4.74 Å². The molecule has 38 heavy (non-hydrogen) atoms. The third kappa shape index (κ3) is 5.21. The van der Waals surface area contributed by atoms with Crippen LogP contribution in [0.25, 0.3) is 5.69 Å². The first-order chi connectivity index (χ1) is 18.3. The standard InChI is InChI=1S/C28H27FN4O5/c1-17-5-7-18(8-6-17)30-26(35)23-24(25(23)28(37)32-12-14-38-15-13-32)27(36)31-21-10-9-19(16-20(21)29)33-11-3-2-4-22(33)34/h2-11,16,23-25H,12-15H2,1H3,(H,30,35)(H,31,36)/t23-,24+,25+/m1/s1. The minimum Gasteiger partial charge on any atom is -0.378 e. The Morgan fingerprint density at radius 2 is 1.58 bits per heavy atom. The number of aromatic nitrogens is 1. The van der Waals surface area contributed by atoms with Gasteiger partial charge in [0.1, 0.15) is 5.82 Å². The third-order valence-corrected chi connectivity index (χ3v) is 6.86. The molecule has 2 heterocycles. The van der Waals surface area contributed by atoms with Crippen LogP contribution in [0.15, 0.2) is 71.7 Å². The van der Waals surface area contributed by atoms with Crippen LogP contribution >= 0.6 is 0 Å². The third-order valence-electron chi connectivity index (χ3n) is 6.86. The van der Waals surface area contributed by atoms with Crippen LogP contribution in [-0.4, -0.2) is 53.5 Å². The van der Waals surface area contributed by atoms with Gasteiger partial charge in [-0.2, -0.15) is 0 Å². The van der Waals surface area contributed by atoms with Gasteiger partial charge in [-0.25, -0.2) is 4.39 Å². The lowest BCUT2D eigenvalue weighted by Crippen LogP contribution is -2.42. The lowest BCUT2D eigenvalue weighted by atomic mass is 10.2. The second-order valence-corrected chi connectivity index (χ2v) is 9.43. The molecule has 10 heteroatoms. The quantitative estimate of drug-likeness (QED) is 0.521. The highest BCUT2D eigenvalue weighted by atomic mass is 19.1. The molecule has 0 unspecified atom stereocenters. The van der Waals surface area contributed by atoms with Gasteiger partial charge in [-0.3, -0.25) is 23.7 Å². The monoisotopic (exact) mass is 518 g/mol. The summed E-state index contributed by atoms with van der Waals surface area (Å²) in [4.78, 5) is 53.3. The zero-order chi connectivity index (χ0) is 26.8. The second kappa shape index (κ2) is 10.6. The van der Waals surface area contributed by atoms with Crippen molar-refractivity contribution in [3.05, 3.63) is 88.6 Å². The van der Waals surface area contributed by atoms with Crippen molar-refractivity contribution in [2.75, 3.05) is 36.9 Å². The molecule has 3 aromatic rings. The fourth-order valence-corrected chi connectivity index (χ4v) is 4.74. The summed E-state index contributed by atoms with van der Waals surface area (Å²) >= 11 is 0. The molecule has 2 aromatic carbocycles. The van der Waals surface area contributed by atoms with Gasteiger partial charge in [0.15, 0.2) is 0 Å². The lowest BCUT2D eigenvalue weighted by Gasteiger charge is -2.27. The average molecular weight is 519 g/mol. The van der Waals surface area contributed by atoms with E-state index in [2.05, 4.69) is 10.6 Å². The number of aryl methyl sites for hydroxylation is 1. The van der Waals surface area contributed by atoms with E-state index in [0.29, 0.717) is 37.7 Å². The molecule has 1 saturated heterocycles. The Balaban J connectivity index is 1.34. The van der Waals surface area contributed by atoms with Crippen LogP contribution in [-0.2, 0) is 19.1 Å². The van der Waals surface area contributed by atoms with E-state index in [1.165, 1.54) is 29.0 Å². The molecule has 9 nitrogen and oxygen atoms in total. The molecule has 196 valence electrons. The largest absolute Gasteiger partial charge is 0.378 e. The van der Waals surface area contributed by atoms with Crippen LogP contribution in [0.4, 0.5) is 15.8 Å². The molecule has 1 aliphatic heterocycles. The second-order valence-electron chi connectivity index (χ2n) is 9.43. The highest BCUT2D eigenvalue weighted by molar-refractivity contribution is 6.09. The molecule has 1 saturated carbocycles. The predicted octanol–water partition coefficient (Wildman–Crippen LogP) is 2.58. The molecule has 2 N–H and O–H groups in total. The summed E-state index contributed by atoms with van der Waals surface area (Å²) in [6.45, 7) is 3.46. The topological polar surface area (TPSA) is 110 Å². The fraction of sp³-hybridized carbons (Fsp3) is 0.286. The van der Waals surface area contributed by atoms with Gasteiger partial charge in [0.25, 0.3) is 5.56 Å². The summed E-state index contributed by atoms with van der Waals surface area (Å²) in [5, 5.41) is 5.32. The number of hydrogen-bond acceptors (Lipinski definition) is 5. The number of nitrogens with zero attached hydrogens (tertiary/aromatic N) is 2. The van der Waals surface area contributed by atoms with Crippen molar-refractivity contribution < 1.29 is 23.5 Å². The molecule has 2 fully saturated rings. The number of morpholine rings is 1. The maximum absolute atomic E-state index is 14.9. The number of amides is 3. The van der Waals surface area contributed by atoms with Gasteiger partial charge in [0, 0.05) is 37.1 Å². The number of hydrogen-bond donors (Lipinski definition) is 2. The first-order valence-corrected chi connectivity index (χ1v) is 12.4. The minimum atomic E-state index is -0.952. The molecule has 5 rings (SSSR count). The number of carbonyl (C=O) groups is 3. The number of rotatable bonds is 6. The Morgan fingerprint density at radius 3 is 2.24 bits per heavy atom. The molecular weight excluding hydrogens is 491 g/mol. The Morgan fingerprint density at radius 1 is 0.895 bits per heavy atom. The van der Waals surface area contributed by atoms with Crippen molar-refractivity contribution in [2.45, 2.75) is 6.92 Å². The molecule has 3 atom stereocenters. The summed E-state index contributed by atoms with van der Waals surface area (Å²) in [6.07, 6.45) is 1.51. The first kappa shape index (κ1) is 25.3. The van der Waals surface area contributed by atoms with Crippen LogP contribution in [0.3, 0.4) is 0 Å². The van der Waals surface area contributed by atoms with E-state index in [9.17, 15) is 23.6 Å². The molecule has 1 aromatic heterocycles. The molecule has 1 aliphatic carbocycles. The van der Waals surface area contributed by atoms with E-state index in [-0.39, 0.29) is 17.2 Å². The van der Waals surface area contributed by atoms with E-state index in [1.54, 1.807) is 29.2 Å². The number of anilines is 2. The highest BCUT2D eigenvalue weighted by Crippen LogP contribution is 2.49. The number of carbonyl (C=O) groups excluding carboxylic acids is 3. The Bertz CT molecular complexity index is 1430. The van der Waals surface area contributed by atoms with Crippen molar-refractivity contribution in [1.29, 1.82) is 0 Å². The summed E-state index contributed by atoms with van der Waals surface area (Å²) in [5.41, 5.74) is 1.45. The molecule has 2 aliphatic rings. The summed E-state index contributed by atoms with van der Waals surface area (Å²) in [5.74, 6) is -4.81. The van der Waals surface area contributed by atoms with Gasteiger partial charge in [0.2, 0.25) is 17.7 Å². The number of halogens is 1. The van der Waals surface area contributed by atoms with Crippen LogP contribution in [0.1, 0.15) is 5.56 Å². The van der Waals surface area contributed by atoms with E-state index in [0.717, 1.165) is 11.6 Å². The molecule has 0 bridgehead atoms. The van der Waals surface area contributed by atoms with Gasteiger partial charge in [-0.1, -0.05) is 23.8 Å². The van der Waals surface area contributed by atoms with Crippen molar-refractivity contribution in [3.8, 4) is 5.69 Å². The SMILES string of the molecule is Cc1ccc(NC(=O)[C@@H]2[C@H](C(=O)Nc3ccc(-n4ccccc4=O)cc3F)[C@H]2C(=O)N2CCOCC2)cc1. The van der Waals surface area contributed by atoms with Gasteiger partial charge < -0.3 is 20.3 Å². The number of ether oxygens (including phenoxy) is 1. The summed E-state index contributed by atoms with van der Waals surface area (Å²) in [7, 11) is 0. The smallest absolute Gasteiger partial charge is 0.255 e. The van der Waals surface area contributed by atoms with Gasteiger partial charge in [-0.05, 0) is 37.3 Å². The fourth-order valence-electron chi connectivity index (χ4n) is 4.74. The van der Waals surface area contributed by atoms with Gasteiger partial charge in [0.05, 0.1) is 42.3 Å². The number of nitrogens with one attached hydrogen (secondary N) is 2. The molecule has 0 spiro atoms. The maximum atomic E-state index is 14.9. The minimum absolute atomic E-state index is 0.107. The summed E-state index contributed by atoms with van der Waals surface area (Å²) in [6, 6.07) is 15.8. The Hall–Kier alpha value is -4.31. The molecule has 0 radical (unpaired) electrons. The maximum Gasteiger partial charge on any atom is 0.255 e. The zero-order valence-corrected chi connectivity index (χ0v) is 20.7. The predicted molar refractivity (Wildman–Crippen MR) is 138 cm³/mol. The lowest BCUT2D eigenvalue weighted by molar-refractivity contribution is -0.138. The van der Waals surface area contributed by atoms with Gasteiger partial charge >= 0.3 is 0 Å². The van der Waals surface area contributed by atoms with Crippen LogP contribution in [0, 0.1) is 30.5 Å². The zero-order valence-electron chi connectivity index (χ0n) is 20.7. The van der Waals surface area contributed by atoms with Crippen LogP contribution in [0.2, 0.25) is 0 Å². The number of benzene rings is 2. The normalized spacial score (nSPS) is 20.5. The first-order valence-electron chi connectivity index (χ1n) is 12.4. The molecular formula is C28H27FN4O5. The van der Waals surface area contributed by atoms with Gasteiger partial charge in [-0.15, -0.1) is 0 Å². The van der Waals surface area contributed by atoms with Crippen molar-refractivity contribution in [1.82, 2.24) is 9.47 Å².